The molecule has 2 unspecified atom stereocenters. The molecule has 0 bridgehead atoms. The average molecular weight is 254 g/mol. The van der Waals surface area contributed by atoms with Crippen LogP contribution in [0.2, 0.25) is 0 Å². The highest BCUT2D eigenvalue weighted by atomic mass is 32.1. The molecular formula is C14H26N2S. The van der Waals surface area contributed by atoms with Gasteiger partial charge in [-0.05, 0) is 46.0 Å². The van der Waals surface area contributed by atoms with E-state index in [2.05, 4.69) is 44.9 Å². The number of nitrogens with zero attached hydrogens (tertiary/aromatic N) is 1. The number of rotatable bonds is 7. The zero-order valence-electron chi connectivity index (χ0n) is 11.6. The van der Waals surface area contributed by atoms with Crippen LogP contribution in [0, 0.1) is 6.92 Å². The van der Waals surface area contributed by atoms with Gasteiger partial charge in [0.1, 0.15) is 0 Å². The van der Waals surface area contributed by atoms with Crippen LogP contribution in [0.1, 0.15) is 48.9 Å². The van der Waals surface area contributed by atoms with Gasteiger partial charge in [0, 0.05) is 15.8 Å². The molecule has 0 saturated carbocycles. The molecule has 0 spiro atoms. The molecular weight excluding hydrogens is 228 g/mol. The maximum atomic E-state index is 6.15. The van der Waals surface area contributed by atoms with Crippen molar-refractivity contribution >= 4 is 11.3 Å². The lowest BCUT2D eigenvalue weighted by Gasteiger charge is -2.30. The largest absolute Gasteiger partial charge is 0.326 e. The Morgan fingerprint density at radius 1 is 1.35 bits per heavy atom. The molecule has 0 aliphatic rings. The van der Waals surface area contributed by atoms with Crippen LogP contribution in [0.25, 0.3) is 0 Å². The summed E-state index contributed by atoms with van der Waals surface area (Å²) in [5.41, 5.74) is 6.15. The zero-order valence-corrected chi connectivity index (χ0v) is 12.4. The molecule has 3 heteroatoms. The van der Waals surface area contributed by atoms with Crippen molar-refractivity contribution in [2.45, 2.75) is 52.1 Å². The summed E-state index contributed by atoms with van der Waals surface area (Å²) in [6, 6.07) is 4.96. The fourth-order valence-corrected chi connectivity index (χ4v) is 3.40. The molecule has 0 fully saturated rings. The molecule has 2 nitrogen and oxygen atoms in total. The Morgan fingerprint density at radius 3 is 2.53 bits per heavy atom. The molecule has 17 heavy (non-hydrogen) atoms. The SMILES string of the molecule is CCCCCN(C)C(c1ccc(C)s1)C(C)N. The maximum Gasteiger partial charge on any atom is 0.0588 e. The van der Waals surface area contributed by atoms with Crippen molar-refractivity contribution in [2.24, 2.45) is 5.73 Å². The fraction of sp³-hybridized carbons (Fsp3) is 0.714. The van der Waals surface area contributed by atoms with Crippen LogP contribution in [-0.2, 0) is 0 Å². The van der Waals surface area contributed by atoms with Crippen molar-refractivity contribution in [1.29, 1.82) is 0 Å². The average Bonchev–Trinajstić information content (AvgIpc) is 2.65. The number of unbranched alkanes of at least 4 members (excludes halogenated alkanes) is 2. The Hall–Kier alpha value is -0.380. The van der Waals surface area contributed by atoms with Crippen LogP contribution >= 0.6 is 11.3 Å². The number of thiophene rings is 1. The van der Waals surface area contributed by atoms with Crippen LogP contribution in [0.15, 0.2) is 12.1 Å². The molecule has 2 N–H and O–H groups in total. The van der Waals surface area contributed by atoms with Gasteiger partial charge in [0.05, 0.1) is 6.04 Å². The van der Waals surface area contributed by atoms with E-state index in [0.29, 0.717) is 6.04 Å². The summed E-state index contributed by atoms with van der Waals surface area (Å²) >= 11 is 1.87. The quantitative estimate of drug-likeness (QED) is 0.754. The number of aryl methyl sites for hydroxylation is 1. The number of likely N-dealkylation sites (N-methyl/N-ethyl adjacent to an activating group) is 1. The predicted molar refractivity (Wildman–Crippen MR) is 77.6 cm³/mol. The first-order valence-electron chi connectivity index (χ1n) is 6.58. The van der Waals surface area contributed by atoms with Gasteiger partial charge in [-0.1, -0.05) is 19.8 Å². The fourth-order valence-electron chi connectivity index (χ4n) is 2.24. The molecule has 1 heterocycles. The first kappa shape index (κ1) is 14.7. The second-order valence-corrected chi connectivity index (χ2v) is 6.26. The Morgan fingerprint density at radius 2 is 2.06 bits per heavy atom. The van der Waals surface area contributed by atoms with E-state index in [4.69, 9.17) is 5.73 Å². The van der Waals surface area contributed by atoms with Crippen LogP contribution in [0.4, 0.5) is 0 Å². The van der Waals surface area contributed by atoms with Crippen molar-refractivity contribution in [3.05, 3.63) is 21.9 Å². The molecule has 2 atom stereocenters. The summed E-state index contributed by atoms with van der Waals surface area (Å²) in [5.74, 6) is 0. The van der Waals surface area contributed by atoms with Gasteiger partial charge < -0.3 is 5.73 Å². The van der Waals surface area contributed by atoms with Gasteiger partial charge in [-0.15, -0.1) is 11.3 Å². The lowest BCUT2D eigenvalue weighted by atomic mass is 10.1. The Bertz CT molecular complexity index is 320. The Kier molecular flexibility index (Phi) is 6.17. The minimum atomic E-state index is 0.180. The van der Waals surface area contributed by atoms with E-state index in [0.717, 1.165) is 6.54 Å². The lowest BCUT2D eigenvalue weighted by Crippen LogP contribution is -2.37. The highest BCUT2D eigenvalue weighted by Gasteiger charge is 2.22. The van der Waals surface area contributed by atoms with Gasteiger partial charge in [-0.25, -0.2) is 0 Å². The smallest absolute Gasteiger partial charge is 0.0588 e. The lowest BCUT2D eigenvalue weighted by molar-refractivity contribution is 0.218. The summed E-state index contributed by atoms with van der Waals surface area (Å²) in [6.45, 7) is 7.64. The van der Waals surface area contributed by atoms with E-state index in [1.54, 1.807) is 0 Å². The minimum Gasteiger partial charge on any atom is -0.326 e. The van der Waals surface area contributed by atoms with Crippen LogP contribution in [0.5, 0.6) is 0 Å². The highest BCUT2D eigenvalue weighted by Crippen LogP contribution is 2.28. The van der Waals surface area contributed by atoms with Gasteiger partial charge in [-0.3, -0.25) is 4.90 Å². The monoisotopic (exact) mass is 254 g/mol. The summed E-state index contributed by atoms with van der Waals surface area (Å²) < 4.78 is 0. The zero-order chi connectivity index (χ0) is 12.8. The van der Waals surface area contributed by atoms with Crippen molar-refractivity contribution in [2.75, 3.05) is 13.6 Å². The molecule has 1 aromatic rings. The van der Waals surface area contributed by atoms with Crippen molar-refractivity contribution < 1.29 is 0 Å². The van der Waals surface area contributed by atoms with Gasteiger partial charge in [-0.2, -0.15) is 0 Å². The second-order valence-electron chi connectivity index (χ2n) is 4.94. The third kappa shape index (κ3) is 4.41. The van der Waals surface area contributed by atoms with E-state index in [1.807, 2.05) is 11.3 Å². The van der Waals surface area contributed by atoms with Crippen molar-refractivity contribution in [3.63, 3.8) is 0 Å². The molecule has 0 amide bonds. The van der Waals surface area contributed by atoms with Gasteiger partial charge >= 0.3 is 0 Å². The van der Waals surface area contributed by atoms with E-state index in [-0.39, 0.29) is 6.04 Å². The summed E-state index contributed by atoms with van der Waals surface area (Å²) in [7, 11) is 2.19. The number of hydrogen-bond acceptors (Lipinski definition) is 3. The molecule has 0 aliphatic heterocycles. The summed E-state index contributed by atoms with van der Waals surface area (Å²) in [4.78, 5) is 5.18. The Balaban J connectivity index is 2.65. The molecule has 0 radical (unpaired) electrons. The van der Waals surface area contributed by atoms with Crippen molar-refractivity contribution in [1.82, 2.24) is 4.90 Å². The van der Waals surface area contributed by atoms with Crippen LogP contribution in [-0.4, -0.2) is 24.5 Å². The Labute approximate surface area is 110 Å². The summed E-state index contributed by atoms with van der Waals surface area (Å²) in [5, 5.41) is 0. The predicted octanol–water partition coefficient (Wildman–Crippen LogP) is 3.57. The van der Waals surface area contributed by atoms with Gasteiger partial charge in [0.25, 0.3) is 0 Å². The highest BCUT2D eigenvalue weighted by molar-refractivity contribution is 7.12. The number of nitrogens with two attached hydrogens (primary N) is 1. The first-order valence-corrected chi connectivity index (χ1v) is 7.40. The van der Waals surface area contributed by atoms with Crippen molar-refractivity contribution in [3.8, 4) is 0 Å². The van der Waals surface area contributed by atoms with E-state index < -0.39 is 0 Å². The molecule has 1 rings (SSSR count). The minimum absolute atomic E-state index is 0.180. The summed E-state index contributed by atoms with van der Waals surface area (Å²) in [6.07, 6.45) is 3.84. The van der Waals surface area contributed by atoms with Gasteiger partial charge in [0.15, 0.2) is 0 Å². The number of hydrogen-bond donors (Lipinski definition) is 1. The molecule has 0 aromatic carbocycles. The molecule has 98 valence electrons. The van der Waals surface area contributed by atoms with Crippen LogP contribution in [0.3, 0.4) is 0 Å². The first-order chi connectivity index (χ1) is 8.06. The normalized spacial score (nSPS) is 15.2. The second kappa shape index (κ2) is 7.14. The van der Waals surface area contributed by atoms with Crippen LogP contribution < -0.4 is 5.73 Å². The van der Waals surface area contributed by atoms with Gasteiger partial charge in [0.2, 0.25) is 0 Å². The topological polar surface area (TPSA) is 29.3 Å². The third-order valence-corrected chi connectivity index (χ3v) is 4.21. The standard InChI is InChI=1S/C14H26N2S/c1-5-6-7-10-16(4)14(12(3)15)13-9-8-11(2)17-13/h8-9,12,14H,5-7,10,15H2,1-4H3. The maximum absolute atomic E-state index is 6.15. The van der Waals surface area contributed by atoms with E-state index in [9.17, 15) is 0 Å². The third-order valence-electron chi connectivity index (χ3n) is 3.14. The molecule has 1 aromatic heterocycles. The molecule has 0 saturated heterocycles. The van der Waals surface area contributed by atoms with E-state index >= 15 is 0 Å². The molecule has 0 aliphatic carbocycles. The van der Waals surface area contributed by atoms with E-state index in [1.165, 1.54) is 29.0 Å².